The maximum atomic E-state index is 12.8. The van der Waals surface area contributed by atoms with Crippen molar-refractivity contribution in [3.8, 4) is 0 Å². The van der Waals surface area contributed by atoms with Gasteiger partial charge in [0.25, 0.3) is 0 Å². The summed E-state index contributed by atoms with van der Waals surface area (Å²) < 4.78 is 574. The van der Waals surface area contributed by atoms with Crippen LogP contribution in [0, 0.1) is 0 Å². The van der Waals surface area contributed by atoms with E-state index < -0.39 is 295 Å². The minimum Gasteiger partial charge on any atom is -0.347 e. The summed E-state index contributed by atoms with van der Waals surface area (Å²) in [5, 5.41) is 0. The molecule has 4 fully saturated rings. The summed E-state index contributed by atoms with van der Waals surface area (Å²) in [4.78, 5) is 0. The van der Waals surface area contributed by atoms with E-state index in [1.165, 1.54) is 0 Å². The maximum Gasteiger partial charge on any atom is 0.397 e. The Balaban J connectivity index is 2.28. The molecule has 0 saturated carbocycles. The molecule has 4 heterocycles. The molecular weight excluding hydrogens is 1750 g/mol. The zero-order chi connectivity index (χ0) is 78.3. The molecule has 77 heteroatoms. The normalized spacial score (nSPS) is 32.3. The second-order valence-corrected chi connectivity index (χ2v) is 33.2. The van der Waals surface area contributed by atoms with E-state index in [0.29, 0.717) is 0 Å². The van der Waals surface area contributed by atoms with Crippen molar-refractivity contribution >= 4 is 146 Å². The van der Waals surface area contributed by atoms with Crippen molar-refractivity contribution in [2.45, 2.75) is 116 Å². The van der Waals surface area contributed by atoms with Crippen LogP contribution in [0.3, 0.4) is 0 Å². The van der Waals surface area contributed by atoms with Crippen molar-refractivity contribution in [1.29, 1.82) is 0 Å². The van der Waals surface area contributed by atoms with Gasteiger partial charge in [0.05, 0.1) is 26.4 Å². The smallest absolute Gasteiger partial charge is 0.347 e. The van der Waals surface area contributed by atoms with Crippen LogP contribution in [0.2, 0.25) is 0 Å². The van der Waals surface area contributed by atoms with Crippen LogP contribution in [0.15, 0.2) is 0 Å². The van der Waals surface area contributed by atoms with E-state index in [9.17, 15) is 182 Å². The lowest BCUT2D eigenvalue weighted by atomic mass is 9.97. The van der Waals surface area contributed by atoms with E-state index in [1.807, 2.05) is 0 Å². The van der Waals surface area contributed by atoms with Crippen molar-refractivity contribution in [1.82, 2.24) is 0 Å². The van der Waals surface area contributed by atoms with Gasteiger partial charge < -0.3 is 33.2 Å². The third kappa shape index (κ3) is 32.7. The van der Waals surface area contributed by atoms with E-state index in [0.717, 1.165) is 0 Å². The van der Waals surface area contributed by atoms with Gasteiger partial charge in [0.1, 0.15) is 79.9 Å². The fourth-order valence-corrected chi connectivity index (χ4v) is 14.7. The van der Waals surface area contributed by atoms with Crippen molar-refractivity contribution in [3.05, 3.63) is 0 Å². The Morgan fingerprint density at radius 2 is 0.505 bits per heavy atom. The summed E-state index contributed by atoms with van der Waals surface area (Å²) in [5.74, 6) is -4.67. The third-order valence-corrected chi connectivity index (χ3v) is 17.5. The van der Waals surface area contributed by atoms with Gasteiger partial charge in [0.2, 0.25) is 5.79 Å². The van der Waals surface area contributed by atoms with Crippen LogP contribution >= 0.6 is 0 Å². The largest absolute Gasteiger partial charge is 0.397 e. The predicted molar refractivity (Wildman–Crippen MR) is 280 cm³/mol. The van der Waals surface area contributed by atoms with Gasteiger partial charge in [0.15, 0.2) is 37.2 Å². The van der Waals surface area contributed by atoms with Crippen molar-refractivity contribution in [2.75, 3.05) is 33.0 Å². The van der Waals surface area contributed by atoms with Gasteiger partial charge in [-0.05, 0) is 0 Å². The zero-order valence-corrected chi connectivity index (χ0v) is 57.8. The fourth-order valence-electron chi connectivity index (χ4n) is 8.40. The van der Waals surface area contributed by atoms with Gasteiger partial charge in [-0.3, -0.25) is 63.7 Å². The average molecular weight is 1790 g/mol. The van der Waals surface area contributed by atoms with Gasteiger partial charge in [-0.1, -0.05) is 0 Å². The topological polar surface area (TPSA) is 955 Å². The molecule has 4 aliphatic rings. The Labute approximate surface area is 564 Å². The molecule has 0 aromatic carbocycles. The van der Waals surface area contributed by atoms with Gasteiger partial charge in [0, 0.05) is 0 Å². The van der Waals surface area contributed by atoms with E-state index in [4.69, 9.17) is 33.2 Å². The van der Waals surface area contributed by atoms with Crippen LogP contribution in [0.25, 0.3) is 0 Å². The van der Waals surface area contributed by atoms with Crippen LogP contribution in [-0.4, -0.2) is 331 Å². The number of hydrogen-bond donors (Lipinski definition) is 14. The van der Waals surface area contributed by atoms with Crippen molar-refractivity contribution < 1.29 is 273 Å². The second-order valence-electron chi connectivity index (χ2n) is 18.3. The second kappa shape index (κ2) is 32.6. The predicted octanol–water partition coefficient (Wildman–Crippen LogP) is -12.2. The summed E-state index contributed by atoms with van der Waals surface area (Å²) >= 11 is 0. The molecule has 0 amide bonds. The highest BCUT2D eigenvalue weighted by Gasteiger charge is 2.67. The molecule has 0 spiro atoms. The molecule has 14 N–H and O–H groups in total. The molecule has 0 aromatic heterocycles. The highest BCUT2D eigenvalue weighted by atomic mass is 32.3. The molecule has 63 nitrogen and oxygen atoms in total. The van der Waals surface area contributed by atoms with Crippen molar-refractivity contribution in [2.24, 2.45) is 0 Å². The molecule has 0 bridgehead atoms. The van der Waals surface area contributed by atoms with E-state index >= 15 is 0 Å². The first kappa shape index (κ1) is 91.3. The van der Waals surface area contributed by atoms with E-state index in [2.05, 4.69) is 58.6 Å². The Hall–Kier alpha value is -2.10. The van der Waals surface area contributed by atoms with Gasteiger partial charge >= 0.3 is 146 Å². The van der Waals surface area contributed by atoms with Crippen LogP contribution < -0.4 is 0 Å². The van der Waals surface area contributed by atoms with E-state index in [-0.39, 0.29) is 0 Å². The molecule has 0 aliphatic carbocycles. The van der Waals surface area contributed by atoms with E-state index in [1.54, 1.807) is 0 Å². The van der Waals surface area contributed by atoms with Crippen molar-refractivity contribution in [3.63, 3.8) is 0 Å². The van der Waals surface area contributed by atoms with Crippen LogP contribution in [0.1, 0.15) is 0 Å². The first-order valence-electron chi connectivity index (χ1n) is 23.3. The maximum absolute atomic E-state index is 12.8. The standard InChI is InChI=1S/C24H42O63S14/c25-88(26,27)68-2-7-12(80-94(43,44)45)15(83-97(52,53)54)18(85-99(58,59)60)21(72-7)67-1-6-10(78-92(37,38)39)16(84-98(55,56)57)19(86-100(61,62)63)22(73-6)75-17-14(82-96(49,50)51)11(79-93(40,41)42)8(3-69-89(28,29)30)74-23(17)77-24(5-71-91(34,35)36)20(87-101(64,65)66)13(81-95(46,47)48)9(76-24)4-70-90(31,32)33/h6-23H,1-5H2,(H,25,26,27)(H,28,29,30)(H,31,32,33)(H,34,35,36)(H,37,38,39)(H,40,41,42)(H,43,44,45)(H,46,47,48)(H,49,50,51)(H,52,53,54)(H,55,56,57)(H,58,59,60)(H,61,62,63)(H,64,65,66)/t6-,7-,8-,9-,10+,11-,12+,13-,14+,15+,16+,17-,18-,19-,20+,21+,22-,23-,24+/m1/s1. The van der Waals surface area contributed by atoms with Crippen LogP contribution in [-0.2, 0) is 237 Å². The Kier molecular flexibility index (Phi) is 29.5. The van der Waals surface area contributed by atoms with Gasteiger partial charge in [-0.15, -0.1) is 0 Å². The first-order valence-corrected chi connectivity index (χ1v) is 42.4. The first-order chi connectivity index (χ1) is 44.7. The minimum atomic E-state index is -6.86. The molecule has 101 heavy (non-hydrogen) atoms. The summed E-state index contributed by atoms with van der Waals surface area (Å²) in [6.45, 7) is -12.1. The molecular formula is C24H42O63S14. The van der Waals surface area contributed by atoms with Crippen LogP contribution in [0.5, 0.6) is 0 Å². The molecule has 600 valence electrons. The summed E-state index contributed by atoms with van der Waals surface area (Å²) in [5.41, 5.74) is 0. The zero-order valence-electron chi connectivity index (χ0n) is 46.4. The lowest BCUT2D eigenvalue weighted by molar-refractivity contribution is -0.402. The summed E-state index contributed by atoms with van der Waals surface area (Å²) in [6.07, 6.45) is -67.2. The fraction of sp³-hybridized carbons (Fsp3) is 1.00. The van der Waals surface area contributed by atoms with Gasteiger partial charge in [-0.25, -0.2) is 58.6 Å². The molecule has 4 rings (SSSR count). The Morgan fingerprint density at radius 3 is 0.832 bits per heavy atom. The Morgan fingerprint density at radius 1 is 0.248 bits per heavy atom. The number of ether oxygens (including phenoxy) is 7. The monoisotopic (exact) mass is 1790 g/mol. The molecule has 19 atom stereocenters. The van der Waals surface area contributed by atoms with Gasteiger partial charge in [-0.2, -0.15) is 118 Å². The molecule has 0 unspecified atom stereocenters. The highest BCUT2D eigenvalue weighted by molar-refractivity contribution is 7.84. The molecule has 4 saturated heterocycles. The molecule has 0 aromatic rings. The Bertz CT molecular complexity index is 4630. The highest BCUT2D eigenvalue weighted by Crippen LogP contribution is 2.45. The number of hydrogen-bond acceptors (Lipinski definition) is 49. The average Bonchev–Trinajstić information content (AvgIpc) is 1.70. The SMILES string of the molecule is O=S(=O)(O)OC[C@H]1O[C@H](OC[C@H]2O[C@H](O[C@H]3[C@@H](O[C@]4(COS(=O)(=O)O)O[C@H](COS(=O)(=O)O)[C@@H](OS(=O)(=O)O)[C@@H]4OS(=O)(=O)O)O[C@H](COS(=O)(=O)O)[C@@H](OS(=O)(=O)O)[C@@H]3OS(=O)(=O)O)[C@H](OS(=O)(=O)O)[C@@H](OS(=O)(=O)O)[C@H]2OS(=O)(=O)O)[C@H](OS(=O)(=O)O)[C@@H](OS(=O)(=O)O)[C@H]1OS(=O)(=O)O. The minimum absolute atomic E-state index is 2.15. The lowest BCUT2D eigenvalue weighted by Gasteiger charge is -2.49. The summed E-state index contributed by atoms with van der Waals surface area (Å²) in [6, 6.07) is 0. The van der Waals surface area contributed by atoms with Crippen LogP contribution in [0.4, 0.5) is 0 Å². The quantitative estimate of drug-likeness (QED) is 0.0254. The molecule has 0 radical (unpaired) electrons. The number of rotatable bonds is 39. The lowest BCUT2D eigenvalue weighted by Crippen LogP contribution is -2.68. The third-order valence-electron chi connectivity index (χ3n) is 11.1. The molecule has 4 aliphatic heterocycles. The summed E-state index contributed by atoms with van der Waals surface area (Å²) in [7, 11) is -90.9.